The van der Waals surface area contributed by atoms with E-state index in [-0.39, 0.29) is 18.0 Å². The maximum absolute atomic E-state index is 12.1. The number of carbonyl (C=O) groups is 1. The van der Waals surface area contributed by atoms with E-state index in [2.05, 4.69) is 10.4 Å². The minimum absolute atomic E-state index is 0.0224. The van der Waals surface area contributed by atoms with Crippen molar-refractivity contribution in [1.82, 2.24) is 9.78 Å². The van der Waals surface area contributed by atoms with Gasteiger partial charge in [0, 0.05) is 23.3 Å². The number of anilines is 1. The van der Waals surface area contributed by atoms with E-state index in [1.807, 2.05) is 24.3 Å². The number of non-ortho nitro benzene ring substituents is 1. The monoisotopic (exact) mass is 320 g/mol. The fourth-order valence-corrected chi connectivity index (χ4v) is 2.88. The number of hydrogen-bond acceptors (Lipinski definition) is 4. The lowest BCUT2D eigenvalue weighted by molar-refractivity contribution is -0.384. The molecule has 0 saturated carbocycles. The number of rotatable bonds is 2. The van der Waals surface area contributed by atoms with Gasteiger partial charge in [-0.3, -0.25) is 14.9 Å². The molecule has 0 fully saturated rings. The number of nitrogens with one attached hydrogen (secondary N) is 1. The van der Waals surface area contributed by atoms with E-state index in [1.165, 1.54) is 12.1 Å². The third-order valence-corrected chi connectivity index (χ3v) is 3.96. The molecule has 0 saturated heterocycles. The molecule has 1 N–H and O–H groups in total. The van der Waals surface area contributed by atoms with Crippen LogP contribution in [0.15, 0.2) is 54.7 Å². The zero-order valence-corrected chi connectivity index (χ0v) is 12.5. The predicted octanol–water partition coefficient (Wildman–Crippen LogP) is 2.94. The zero-order valence-electron chi connectivity index (χ0n) is 12.5. The van der Waals surface area contributed by atoms with Crippen LogP contribution in [0.1, 0.15) is 5.56 Å². The summed E-state index contributed by atoms with van der Waals surface area (Å²) in [5, 5.41) is 18.1. The van der Waals surface area contributed by atoms with Crippen molar-refractivity contribution in [3.05, 3.63) is 70.4 Å². The highest BCUT2D eigenvalue weighted by molar-refractivity contribution is 6.00. The average molecular weight is 320 g/mol. The van der Waals surface area contributed by atoms with Crippen LogP contribution in [0.25, 0.3) is 16.9 Å². The van der Waals surface area contributed by atoms with Gasteiger partial charge in [0.1, 0.15) is 0 Å². The summed E-state index contributed by atoms with van der Waals surface area (Å²) >= 11 is 0. The van der Waals surface area contributed by atoms with Crippen LogP contribution in [-0.4, -0.2) is 20.6 Å². The number of nitrogens with zero attached hydrogens (tertiary/aromatic N) is 3. The first kappa shape index (κ1) is 14.1. The standard InChI is InChI=1S/C17H12N4O3/c22-16-9-11-10-18-20(12-5-7-13(8-6-12)21(23)24)17(11)14-3-1-2-4-15(14)19-16/h1-8,10H,9H2,(H,19,22). The van der Waals surface area contributed by atoms with Gasteiger partial charge in [-0.15, -0.1) is 0 Å². The van der Waals surface area contributed by atoms with Gasteiger partial charge in [0.25, 0.3) is 5.69 Å². The van der Waals surface area contributed by atoms with Crippen LogP contribution >= 0.6 is 0 Å². The normalized spacial score (nSPS) is 12.8. The van der Waals surface area contributed by atoms with Crippen LogP contribution in [0.5, 0.6) is 0 Å². The average Bonchev–Trinajstić information content (AvgIpc) is 2.92. The van der Waals surface area contributed by atoms with Crippen molar-refractivity contribution in [2.75, 3.05) is 5.32 Å². The van der Waals surface area contributed by atoms with Gasteiger partial charge in [0.15, 0.2) is 0 Å². The fourth-order valence-electron chi connectivity index (χ4n) is 2.88. The first-order valence-corrected chi connectivity index (χ1v) is 7.34. The van der Waals surface area contributed by atoms with E-state index in [4.69, 9.17) is 0 Å². The number of nitro benzene ring substituents is 1. The highest BCUT2D eigenvalue weighted by atomic mass is 16.6. The van der Waals surface area contributed by atoms with E-state index >= 15 is 0 Å². The zero-order chi connectivity index (χ0) is 16.7. The van der Waals surface area contributed by atoms with Gasteiger partial charge in [-0.05, 0) is 18.2 Å². The molecule has 0 bridgehead atoms. The van der Waals surface area contributed by atoms with Crippen LogP contribution < -0.4 is 5.32 Å². The smallest absolute Gasteiger partial charge is 0.269 e. The number of aromatic nitrogens is 2. The fraction of sp³-hybridized carbons (Fsp3) is 0.0588. The van der Waals surface area contributed by atoms with Crippen molar-refractivity contribution in [1.29, 1.82) is 0 Å². The molecule has 1 aliphatic rings. The molecule has 3 aromatic rings. The first-order chi connectivity index (χ1) is 11.6. The van der Waals surface area contributed by atoms with Crippen molar-refractivity contribution >= 4 is 17.3 Å². The van der Waals surface area contributed by atoms with Gasteiger partial charge in [-0.1, -0.05) is 18.2 Å². The molecule has 0 spiro atoms. The molecule has 4 rings (SSSR count). The van der Waals surface area contributed by atoms with Gasteiger partial charge in [0.05, 0.1) is 34.6 Å². The second-order valence-electron chi connectivity index (χ2n) is 5.47. The summed E-state index contributed by atoms with van der Waals surface area (Å²) in [5.41, 5.74) is 3.95. The SMILES string of the molecule is O=C1Cc2cnn(-c3ccc([N+](=O)[O-])cc3)c2-c2ccccc2N1. The molecule has 2 heterocycles. The lowest BCUT2D eigenvalue weighted by Crippen LogP contribution is -2.12. The Morgan fingerprint density at radius 2 is 1.88 bits per heavy atom. The molecule has 1 amide bonds. The van der Waals surface area contributed by atoms with Gasteiger partial charge >= 0.3 is 0 Å². The van der Waals surface area contributed by atoms with E-state index < -0.39 is 4.92 Å². The van der Waals surface area contributed by atoms with Crippen LogP contribution in [0.2, 0.25) is 0 Å². The van der Waals surface area contributed by atoms with E-state index in [0.717, 1.165) is 22.5 Å². The maximum atomic E-state index is 12.1. The van der Waals surface area contributed by atoms with Crippen molar-refractivity contribution in [2.45, 2.75) is 6.42 Å². The molecule has 118 valence electrons. The second kappa shape index (κ2) is 5.31. The van der Waals surface area contributed by atoms with Crippen LogP contribution in [-0.2, 0) is 11.2 Å². The maximum Gasteiger partial charge on any atom is 0.269 e. The predicted molar refractivity (Wildman–Crippen MR) is 88.0 cm³/mol. The number of benzene rings is 2. The number of carbonyl (C=O) groups excluding carboxylic acids is 1. The van der Waals surface area contributed by atoms with Crippen molar-refractivity contribution in [3.63, 3.8) is 0 Å². The highest BCUT2D eigenvalue weighted by Crippen LogP contribution is 2.35. The molecule has 7 heteroatoms. The molecule has 0 atom stereocenters. The first-order valence-electron chi connectivity index (χ1n) is 7.34. The van der Waals surface area contributed by atoms with Crippen LogP contribution in [0.3, 0.4) is 0 Å². The Balaban J connectivity index is 1.90. The Hall–Kier alpha value is -3.48. The van der Waals surface area contributed by atoms with Crippen molar-refractivity contribution in [3.8, 4) is 16.9 Å². The van der Waals surface area contributed by atoms with E-state index in [9.17, 15) is 14.9 Å². The number of para-hydroxylation sites is 1. The minimum Gasteiger partial charge on any atom is -0.325 e. The van der Waals surface area contributed by atoms with Crippen LogP contribution in [0.4, 0.5) is 11.4 Å². The summed E-state index contributed by atoms with van der Waals surface area (Å²) in [6.45, 7) is 0. The Morgan fingerprint density at radius 3 is 2.62 bits per heavy atom. The quantitative estimate of drug-likeness (QED) is 0.580. The Kier molecular flexibility index (Phi) is 3.13. The summed E-state index contributed by atoms with van der Waals surface area (Å²) in [7, 11) is 0. The molecule has 2 aromatic carbocycles. The third-order valence-electron chi connectivity index (χ3n) is 3.96. The Bertz CT molecular complexity index is 960. The summed E-state index contributed by atoms with van der Waals surface area (Å²) < 4.78 is 1.71. The molecule has 7 nitrogen and oxygen atoms in total. The number of amides is 1. The molecular weight excluding hydrogens is 308 g/mol. The topological polar surface area (TPSA) is 90.1 Å². The number of nitro groups is 1. The summed E-state index contributed by atoms with van der Waals surface area (Å²) in [6.07, 6.45) is 1.90. The molecule has 24 heavy (non-hydrogen) atoms. The lowest BCUT2D eigenvalue weighted by Gasteiger charge is -2.11. The van der Waals surface area contributed by atoms with Crippen molar-refractivity contribution < 1.29 is 9.72 Å². The van der Waals surface area contributed by atoms with Gasteiger partial charge < -0.3 is 5.32 Å². The lowest BCUT2D eigenvalue weighted by atomic mass is 10.1. The summed E-state index contributed by atoms with van der Waals surface area (Å²) in [5.74, 6) is -0.0931. The number of hydrogen-bond donors (Lipinski definition) is 1. The summed E-state index contributed by atoms with van der Waals surface area (Å²) in [4.78, 5) is 22.4. The molecule has 1 aliphatic heterocycles. The van der Waals surface area contributed by atoms with E-state index in [1.54, 1.807) is 23.0 Å². The molecule has 1 aromatic heterocycles. The Labute approximate surface area is 136 Å². The number of fused-ring (bicyclic) bond motifs is 3. The molecule has 0 unspecified atom stereocenters. The summed E-state index contributed by atoms with van der Waals surface area (Å²) in [6, 6.07) is 13.7. The van der Waals surface area contributed by atoms with E-state index in [0.29, 0.717) is 5.69 Å². The largest absolute Gasteiger partial charge is 0.325 e. The van der Waals surface area contributed by atoms with Crippen molar-refractivity contribution in [2.24, 2.45) is 0 Å². The Morgan fingerprint density at radius 1 is 1.12 bits per heavy atom. The minimum atomic E-state index is -0.439. The molecule has 0 aliphatic carbocycles. The van der Waals surface area contributed by atoms with Gasteiger partial charge in [-0.2, -0.15) is 5.10 Å². The highest BCUT2D eigenvalue weighted by Gasteiger charge is 2.23. The third kappa shape index (κ3) is 2.23. The van der Waals surface area contributed by atoms with Crippen LogP contribution in [0, 0.1) is 10.1 Å². The molecule has 0 radical (unpaired) electrons. The molecular formula is C17H12N4O3. The van der Waals surface area contributed by atoms with Gasteiger partial charge in [-0.25, -0.2) is 4.68 Å². The van der Waals surface area contributed by atoms with Gasteiger partial charge in [0.2, 0.25) is 5.91 Å². The second-order valence-corrected chi connectivity index (χ2v) is 5.47.